The maximum Gasteiger partial charge on any atom is 0.306 e. The predicted octanol–water partition coefficient (Wildman–Crippen LogP) is 2.53. The third kappa shape index (κ3) is 3.83. The molecule has 4 nitrogen and oxygen atoms in total. The van der Waals surface area contributed by atoms with Crippen molar-refractivity contribution in [3.63, 3.8) is 0 Å². The summed E-state index contributed by atoms with van der Waals surface area (Å²) < 4.78 is 5.11. The lowest BCUT2D eigenvalue weighted by molar-refractivity contribution is -0.149. The summed E-state index contributed by atoms with van der Waals surface area (Å²) in [5.74, 6) is 0.181. The van der Waals surface area contributed by atoms with Crippen LogP contribution in [0.15, 0.2) is 12.3 Å². The number of hydrogen-bond donors (Lipinski definition) is 0. The highest BCUT2D eigenvalue weighted by atomic mass is 35.5. The van der Waals surface area contributed by atoms with E-state index < -0.39 is 6.10 Å². The number of ether oxygens (including phenoxy) is 1. The van der Waals surface area contributed by atoms with Crippen molar-refractivity contribution in [3.8, 4) is 0 Å². The molecule has 0 aliphatic carbocycles. The lowest BCUT2D eigenvalue weighted by Gasteiger charge is -2.11. The summed E-state index contributed by atoms with van der Waals surface area (Å²) in [4.78, 5) is 19.1. The molecule has 1 heterocycles. The van der Waals surface area contributed by atoms with Crippen LogP contribution < -0.4 is 0 Å². The average molecular weight is 229 g/mol. The van der Waals surface area contributed by atoms with Crippen LogP contribution in [-0.2, 0) is 9.53 Å². The van der Waals surface area contributed by atoms with E-state index in [1.54, 1.807) is 13.0 Å². The molecule has 0 aromatic carbocycles. The van der Waals surface area contributed by atoms with Crippen molar-refractivity contribution in [3.05, 3.63) is 23.2 Å². The quantitative estimate of drug-likeness (QED) is 0.587. The zero-order valence-electron chi connectivity index (χ0n) is 8.74. The highest BCUT2D eigenvalue weighted by Crippen LogP contribution is 2.14. The number of aromatic nitrogens is 2. The minimum Gasteiger partial charge on any atom is -0.454 e. The van der Waals surface area contributed by atoms with Crippen molar-refractivity contribution in [1.82, 2.24) is 9.97 Å². The Hall–Kier alpha value is -1.16. The molecule has 1 rings (SSSR count). The Kier molecular flexibility index (Phi) is 4.49. The maximum atomic E-state index is 11.2. The Bertz CT molecular complexity index is 344. The van der Waals surface area contributed by atoms with E-state index >= 15 is 0 Å². The standard InChI is InChI=1S/C10H13ClN2O2/c1-3-4-9(14)15-7(2)10-12-6-5-8(11)13-10/h5-7H,3-4H2,1-2H3. The molecule has 0 bridgehead atoms. The van der Waals surface area contributed by atoms with Gasteiger partial charge in [0, 0.05) is 12.6 Å². The molecule has 5 heteroatoms. The number of esters is 1. The van der Waals surface area contributed by atoms with Gasteiger partial charge >= 0.3 is 5.97 Å². The molecular formula is C10H13ClN2O2. The number of nitrogens with zero attached hydrogens (tertiary/aromatic N) is 2. The van der Waals surface area contributed by atoms with Crippen molar-refractivity contribution in [2.45, 2.75) is 32.8 Å². The number of rotatable bonds is 4. The van der Waals surface area contributed by atoms with Gasteiger partial charge in [-0.3, -0.25) is 4.79 Å². The van der Waals surface area contributed by atoms with Crippen LogP contribution in [0.2, 0.25) is 5.15 Å². The van der Waals surface area contributed by atoms with Crippen LogP contribution in [0.25, 0.3) is 0 Å². The molecule has 15 heavy (non-hydrogen) atoms. The zero-order valence-corrected chi connectivity index (χ0v) is 9.49. The van der Waals surface area contributed by atoms with Gasteiger partial charge in [0.15, 0.2) is 11.9 Å². The monoisotopic (exact) mass is 228 g/mol. The van der Waals surface area contributed by atoms with Gasteiger partial charge in [-0.1, -0.05) is 18.5 Å². The molecule has 0 fully saturated rings. The normalized spacial score (nSPS) is 12.2. The fourth-order valence-electron chi connectivity index (χ4n) is 1.06. The molecule has 1 aromatic heterocycles. The minimum absolute atomic E-state index is 0.242. The SMILES string of the molecule is CCCC(=O)OC(C)c1nccc(Cl)n1. The van der Waals surface area contributed by atoms with Crippen molar-refractivity contribution >= 4 is 17.6 Å². The molecule has 1 atom stereocenters. The first-order chi connectivity index (χ1) is 7.13. The first kappa shape index (κ1) is 11.9. The van der Waals surface area contributed by atoms with Crippen LogP contribution in [0, 0.1) is 0 Å². The van der Waals surface area contributed by atoms with E-state index in [0.717, 1.165) is 6.42 Å². The Balaban J connectivity index is 2.60. The van der Waals surface area contributed by atoms with Gasteiger partial charge in [0.25, 0.3) is 0 Å². The van der Waals surface area contributed by atoms with Gasteiger partial charge in [-0.15, -0.1) is 0 Å². The Morgan fingerprint density at radius 2 is 2.40 bits per heavy atom. The largest absolute Gasteiger partial charge is 0.454 e. The van der Waals surface area contributed by atoms with Gasteiger partial charge in [0.2, 0.25) is 0 Å². The van der Waals surface area contributed by atoms with E-state index in [1.807, 2.05) is 6.92 Å². The van der Waals surface area contributed by atoms with Gasteiger partial charge < -0.3 is 4.74 Å². The van der Waals surface area contributed by atoms with Gasteiger partial charge in [0.1, 0.15) is 5.15 Å². The lowest BCUT2D eigenvalue weighted by atomic mass is 10.3. The number of carbonyl (C=O) groups is 1. The summed E-state index contributed by atoms with van der Waals surface area (Å²) in [6, 6.07) is 1.58. The fraction of sp³-hybridized carbons (Fsp3) is 0.500. The van der Waals surface area contributed by atoms with E-state index in [2.05, 4.69) is 9.97 Å². The zero-order chi connectivity index (χ0) is 11.3. The fourth-order valence-corrected chi connectivity index (χ4v) is 1.20. The third-order valence-electron chi connectivity index (χ3n) is 1.77. The van der Waals surface area contributed by atoms with Crippen LogP contribution in [0.5, 0.6) is 0 Å². The Morgan fingerprint density at radius 1 is 1.67 bits per heavy atom. The third-order valence-corrected chi connectivity index (χ3v) is 1.98. The summed E-state index contributed by atoms with van der Waals surface area (Å²) in [6.45, 7) is 3.64. The molecular weight excluding hydrogens is 216 g/mol. The van der Waals surface area contributed by atoms with Crippen LogP contribution in [-0.4, -0.2) is 15.9 Å². The molecule has 0 N–H and O–H groups in total. The Morgan fingerprint density at radius 3 is 3.00 bits per heavy atom. The minimum atomic E-state index is -0.456. The molecule has 0 amide bonds. The first-order valence-corrected chi connectivity index (χ1v) is 5.19. The topological polar surface area (TPSA) is 52.1 Å². The molecule has 0 spiro atoms. The van der Waals surface area contributed by atoms with Crippen molar-refractivity contribution in [1.29, 1.82) is 0 Å². The highest BCUT2D eigenvalue weighted by molar-refractivity contribution is 6.29. The smallest absolute Gasteiger partial charge is 0.306 e. The van der Waals surface area contributed by atoms with Crippen molar-refractivity contribution in [2.24, 2.45) is 0 Å². The van der Waals surface area contributed by atoms with Crippen LogP contribution in [0.3, 0.4) is 0 Å². The van der Waals surface area contributed by atoms with Crippen LogP contribution >= 0.6 is 11.6 Å². The van der Waals surface area contributed by atoms with E-state index in [4.69, 9.17) is 16.3 Å². The molecule has 0 saturated heterocycles. The molecule has 0 radical (unpaired) electrons. The second kappa shape index (κ2) is 5.66. The lowest BCUT2D eigenvalue weighted by Crippen LogP contribution is -2.10. The molecule has 1 unspecified atom stereocenters. The second-order valence-corrected chi connectivity index (χ2v) is 3.51. The number of hydrogen-bond acceptors (Lipinski definition) is 4. The summed E-state index contributed by atoms with van der Waals surface area (Å²) in [5.41, 5.74) is 0. The van der Waals surface area contributed by atoms with Crippen LogP contribution in [0.1, 0.15) is 38.6 Å². The van der Waals surface area contributed by atoms with Crippen molar-refractivity contribution in [2.75, 3.05) is 0 Å². The maximum absolute atomic E-state index is 11.2. The summed E-state index contributed by atoms with van der Waals surface area (Å²) in [6.07, 6.45) is 2.25. The van der Waals surface area contributed by atoms with Gasteiger partial charge in [-0.25, -0.2) is 9.97 Å². The summed E-state index contributed by atoms with van der Waals surface area (Å²) in [5, 5.41) is 0.346. The molecule has 82 valence electrons. The van der Waals surface area contributed by atoms with E-state index in [0.29, 0.717) is 17.4 Å². The summed E-state index contributed by atoms with van der Waals surface area (Å²) >= 11 is 5.70. The van der Waals surface area contributed by atoms with Crippen molar-refractivity contribution < 1.29 is 9.53 Å². The van der Waals surface area contributed by atoms with Gasteiger partial charge in [-0.2, -0.15) is 0 Å². The predicted molar refractivity (Wildman–Crippen MR) is 56.5 cm³/mol. The summed E-state index contributed by atoms with van der Waals surface area (Å²) in [7, 11) is 0. The first-order valence-electron chi connectivity index (χ1n) is 4.81. The van der Waals surface area contributed by atoms with E-state index in [1.165, 1.54) is 6.20 Å². The van der Waals surface area contributed by atoms with E-state index in [9.17, 15) is 4.79 Å². The average Bonchev–Trinajstić information content (AvgIpc) is 2.18. The Labute approximate surface area is 93.6 Å². The molecule has 0 saturated carbocycles. The molecule has 1 aromatic rings. The van der Waals surface area contributed by atoms with Crippen LogP contribution in [0.4, 0.5) is 0 Å². The highest BCUT2D eigenvalue weighted by Gasteiger charge is 2.13. The number of halogens is 1. The molecule has 0 aliphatic rings. The molecule has 0 aliphatic heterocycles. The van der Waals surface area contributed by atoms with Gasteiger partial charge in [0.05, 0.1) is 0 Å². The number of carbonyl (C=O) groups excluding carboxylic acids is 1. The second-order valence-electron chi connectivity index (χ2n) is 3.12. The van der Waals surface area contributed by atoms with E-state index in [-0.39, 0.29) is 5.97 Å². The van der Waals surface area contributed by atoms with Gasteiger partial charge in [-0.05, 0) is 19.4 Å².